The van der Waals surface area contributed by atoms with Crippen molar-refractivity contribution >= 4 is 29.3 Å². The van der Waals surface area contributed by atoms with Gasteiger partial charge in [0.15, 0.2) is 0 Å². The van der Waals surface area contributed by atoms with E-state index >= 15 is 0 Å². The molecule has 0 radical (unpaired) electrons. The first-order valence-electron chi connectivity index (χ1n) is 4.98. The topological polar surface area (TPSA) is 60.4 Å². The lowest BCUT2D eigenvalue weighted by Gasteiger charge is -2.31. The fourth-order valence-electron chi connectivity index (χ4n) is 2.27. The summed E-state index contributed by atoms with van der Waals surface area (Å²) < 4.78 is 0. The van der Waals surface area contributed by atoms with E-state index in [0.717, 1.165) is 4.90 Å². The van der Waals surface area contributed by atoms with Gasteiger partial charge in [-0.1, -0.05) is 23.9 Å². The molecular weight excluding hydrogens is 226 g/mol. The molecule has 1 amide bonds. The van der Waals surface area contributed by atoms with Gasteiger partial charge in [-0.2, -0.15) is 0 Å². The molecule has 2 aliphatic heterocycles. The maximum Gasteiger partial charge on any atom is 0.228 e. The van der Waals surface area contributed by atoms with Gasteiger partial charge in [0.1, 0.15) is 4.87 Å². The van der Waals surface area contributed by atoms with E-state index in [-0.39, 0.29) is 12.3 Å². The van der Waals surface area contributed by atoms with Gasteiger partial charge in [0.05, 0.1) is 11.7 Å². The van der Waals surface area contributed by atoms with Crippen molar-refractivity contribution in [3.05, 3.63) is 24.3 Å². The molecule has 2 aliphatic rings. The molecule has 1 saturated heterocycles. The summed E-state index contributed by atoms with van der Waals surface area (Å²) in [6.45, 7) is 0. The van der Waals surface area contributed by atoms with Crippen molar-refractivity contribution in [2.45, 2.75) is 22.6 Å². The quantitative estimate of drug-likeness (QED) is 0.704. The first-order valence-corrected chi connectivity index (χ1v) is 5.79. The van der Waals surface area contributed by atoms with E-state index in [9.17, 15) is 14.7 Å². The Morgan fingerprint density at radius 3 is 2.94 bits per heavy atom. The molecule has 2 heterocycles. The third-order valence-corrected chi connectivity index (χ3v) is 4.45. The summed E-state index contributed by atoms with van der Waals surface area (Å²) in [4.78, 5) is 24.0. The predicted molar refractivity (Wildman–Crippen MR) is 56.8 cm³/mol. The van der Waals surface area contributed by atoms with Crippen molar-refractivity contribution in [2.75, 3.05) is 4.90 Å². The number of nitrogens with zero attached hydrogens (tertiary/aromatic N) is 1. The van der Waals surface area contributed by atoms with Crippen molar-refractivity contribution in [1.29, 1.82) is 0 Å². The lowest BCUT2D eigenvalue weighted by atomic mass is 10.2. The molecule has 16 heavy (non-hydrogen) atoms. The number of amides is 1. The highest BCUT2D eigenvalue weighted by molar-refractivity contribution is 8.02. The third-order valence-electron chi connectivity index (χ3n) is 2.99. The van der Waals surface area contributed by atoms with Crippen molar-refractivity contribution in [3.63, 3.8) is 0 Å². The van der Waals surface area contributed by atoms with Gasteiger partial charge < -0.3 is 9.90 Å². The average Bonchev–Trinajstić information content (AvgIpc) is 2.75. The summed E-state index contributed by atoms with van der Waals surface area (Å²) in [6.07, 6.45) is 0.586. The van der Waals surface area contributed by atoms with Gasteiger partial charge in [-0.25, -0.2) is 0 Å². The highest BCUT2D eigenvalue weighted by Crippen LogP contribution is 2.55. The smallest absolute Gasteiger partial charge is 0.228 e. The van der Waals surface area contributed by atoms with Crippen LogP contribution in [0.5, 0.6) is 0 Å². The van der Waals surface area contributed by atoms with Gasteiger partial charge in [-0.15, -0.1) is 0 Å². The molecule has 1 atom stereocenters. The van der Waals surface area contributed by atoms with Gasteiger partial charge >= 0.3 is 0 Å². The minimum atomic E-state index is -1.21. The Labute approximate surface area is 96.2 Å². The Morgan fingerprint density at radius 1 is 1.44 bits per heavy atom. The van der Waals surface area contributed by atoms with Crippen LogP contribution in [-0.2, 0) is 9.59 Å². The fraction of sp³-hybridized carbons (Fsp3) is 0.273. The zero-order chi connectivity index (χ0) is 11.3. The molecular formula is C11H8NO3S-. The van der Waals surface area contributed by atoms with Crippen molar-refractivity contribution in [3.8, 4) is 0 Å². The number of thioether (sulfide) groups is 1. The average molecular weight is 234 g/mol. The van der Waals surface area contributed by atoms with E-state index in [4.69, 9.17) is 0 Å². The lowest BCUT2D eigenvalue weighted by Crippen LogP contribution is -2.53. The number of carboxylic acid groups (broad SMARTS) is 1. The number of hydrogen-bond donors (Lipinski definition) is 0. The SMILES string of the molecule is O=C1CC[C@@]2(C(=O)[O-])Sc3ccccc3N12. The van der Waals surface area contributed by atoms with Crippen LogP contribution in [0, 0.1) is 0 Å². The predicted octanol–water partition coefficient (Wildman–Crippen LogP) is 0.365. The number of benzene rings is 1. The molecule has 82 valence electrons. The second-order valence-electron chi connectivity index (χ2n) is 3.87. The summed E-state index contributed by atoms with van der Waals surface area (Å²) >= 11 is 1.21. The molecule has 0 spiro atoms. The van der Waals surface area contributed by atoms with Gasteiger partial charge in [0.2, 0.25) is 5.91 Å². The number of carbonyl (C=O) groups excluding carboxylic acids is 2. The minimum absolute atomic E-state index is 0.137. The number of fused-ring (bicyclic) bond motifs is 3. The van der Waals surface area contributed by atoms with E-state index in [1.165, 1.54) is 16.7 Å². The maximum atomic E-state index is 11.7. The van der Waals surface area contributed by atoms with Crippen LogP contribution < -0.4 is 10.0 Å². The molecule has 0 N–H and O–H groups in total. The molecule has 1 aromatic rings. The van der Waals surface area contributed by atoms with Crippen LogP contribution in [0.1, 0.15) is 12.8 Å². The van der Waals surface area contributed by atoms with Crippen molar-refractivity contribution < 1.29 is 14.7 Å². The molecule has 0 saturated carbocycles. The van der Waals surface area contributed by atoms with Crippen LogP contribution in [0.15, 0.2) is 29.2 Å². The van der Waals surface area contributed by atoms with Gasteiger partial charge in [-0.3, -0.25) is 9.69 Å². The lowest BCUT2D eigenvalue weighted by molar-refractivity contribution is -0.308. The van der Waals surface area contributed by atoms with Crippen LogP contribution in [0.3, 0.4) is 0 Å². The van der Waals surface area contributed by atoms with E-state index in [1.807, 2.05) is 12.1 Å². The zero-order valence-corrected chi connectivity index (χ0v) is 9.12. The molecule has 3 rings (SSSR count). The van der Waals surface area contributed by atoms with E-state index in [0.29, 0.717) is 12.1 Å². The van der Waals surface area contributed by atoms with Crippen LogP contribution in [0.25, 0.3) is 0 Å². The van der Waals surface area contributed by atoms with Gasteiger partial charge in [-0.05, 0) is 18.6 Å². The van der Waals surface area contributed by atoms with Gasteiger partial charge in [0.25, 0.3) is 0 Å². The number of aliphatic carboxylic acids is 1. The Kier molecular flexibility index (Phi) is 1.83. The number of rotatable bonds is 1. The Bertz CT molecular complexity index is 502. The molecule has 0 bridgehead atoms. The molecule has 4 nitrogen and oxygen atoms in total. The highest BCUT2D eigenvalue weighted by Gasteiger charge is 2.53. The largest absolute Gasteiger partial charge is 0.547 e. The van der Waals surface area contributed by atoms with Gasteiger partial charge in [0, 0.05) is 11.3 Å². The van der Waals surface area contributed by atoms with Crippen LogP contribution in [0.2, 0.25) is 0 Å². The van der Waals surface area contributed by atoms with E-state index < -0.39 is 10.8 Å². The molecule has 0 aliphatic carbocycles. The van der Waals surface area contributed by atoms with Crippen LogP contribution in [-0.4, -0.2) is 16.7 Å². The molecule has 5 heteroatoms. The summed E-state index contributed by atoms with van der Waals surface area (Å²) in [5.74, 6) is -1.32. The number of hydrogen-bond acceptors (Lipinski definition) is 4. The number of anilines is 1. The first-order chi connectivity index (χ1) is 7.65. The second kappa shape index (κ2) is 3.01. The molecule has 1 fully saturated rings. The molecule has 1 aromatic carbocycles. The number of para-hydroxylation sites is 1. The van der Waals surface area contributed by atoms with Crippen molar-refractivity contribution in [2.24, 2.45) is 0 Å². The van der Waals surface area contributed by atoms with Crippen molar-refractivity contribution in [1.82, 2.24) is 0 Å². The molecule has 0 aromatic heterocycles. The molecule has 0 unspecified atom stereocenters. The van der Waals surface area contributed by atoms with Crippen LogP contribution >= 0.6 is 11.8 Å². The highest BCUT2D eigenvalue weighted by atomic mass is 32.2. The van der Waals surface area contributed by atoms with E-state index in [1.54, 1.807) is 12.1 Å². The van der Waals surface area contributed by atoms with Crippen LogP contribution in [0.4, 0.5) is 5.69 Å². The standard InChI is InChI=1S/C11H9NO3S/c13-9-5-6-11(10(14)15)12(9)7-3-1-2-4-8(7)16-11/h1-4H,5-6H2,(H,14,15)/p-1/t11-/m0/s1. The monoisotopic (exact) mass is 234 g/mol. The third kappa shape index (κ3) is 1.01. The Balaban J connectivity index is 2.19. The van der Waals surface area contributed by atoms with E-state index in [2.05, 4.69) is 0 Å². The Hall–Kier alpha value is -1.49. The summed E-state index contributed by atoms with van der Waals surface area (Å²) in [5, 5.41) is 11.3. The number of carbonyl (C=O) groups is 2. The minimum Gasteiger partial charge on any atom is -0.547 e. The zero-order valence-electron chi connectivity index (χ0n) is 8.30. The fourth-order valence-corrected chi connectivity index (χ4v) is 3.63. The maximum absolute atomic E-state index is 11.7. The summed E-state index contributed by atoms with van der Waals surface area (Å²) in [5.41, 5.74) is 0.694. The normalized spacial score (nSPS) is 26.8. The second-order valence-corrected chi connectivity index (χ2v) is 5.19. The first kappa shape index (κ1) is 9.72. The summed E-state index contributed by atoms with van der Waals surface area (Å²) in [7, 11) is 0. The Morgan fingerprint density at radius 2 is 2.19 bits per heavy atom. The number of carboxylic acids is 1. The summed E-state index contributed by atoms with van der Waals surface area (Å²) in [6, 6.07) is 7.24.